The Hall–Kier alpha value is -3.81. The lowest BCUT2D eigenvalue weighted by Crippen LogP contribution is -2.33. The van der Waals surface area contributed by atoms with E-state index < -0.39 is 0 Å². The molecule has 8 nitrogen and oxygen atoms in total. The van der Waals surface area contributed by atoms with Crippen LogP contribution in [0.4, 0.5) is 0 Å². The normalized spacial score (nSPS) is 13.7. The molecular weight excluding hydrogens is 378 g/mol. The number of fused-ring (bicyclic) bond motifs is 1. The molecule has 3 heterocycles. The first-order valence-corrected chi connectivity index (χ1v) is 9.94. The van der Waals surface area contributed by atoms with Gasteiger partial charge in [-0.1, -0.05) is 48.5 Å². The average molecular weight is 399 g/mol. The lowest BCUT2D eigenvalue weighted by atomic mass is 10.0. The lowest BCUT2D eigenvalue weighted by Gasteiger charge is -2.21. The van der Waals surface area contributed by atoms with E-state index in [-0.39, 0.29) is 5.91 Å². The van der Waals surface area contributed by atoms with Gasteiger partial charge in [-0.05, 0) is 17.7 Å². The third-order valence-electron chi connectivity index (χ3n) is 5.56. The average Bonchev–Trinajstić information content (AvgIpc) is 3.37. The summed E-state index contributed by atoms with van der Waals surface area (Å²) in [4.78, 5) is 15.3. The number of hydrogen-bond donors (Lipinski definition) is 1. The largest absolute Gasteiger partial charge is 0.338 e. The van der Waals surface area contributed by atoms with E-state index in [1.54, 1.807) is 0 Å². The second-order valence-corrected chi connectivity index (χ2v) is 7.34. The maximum absolute atomic E-state index is 13.4. The third kappa shape index (κ3) is 3.16. The minimum absolute atomic E-state index is 0.0220. The van der Waals surface area contributed by atoms with Crippen LogP contribution in [0, 0.1) is 0 Å². The summed E-state index contributed by atoms with van der Waals surface area (Å²) in [7, 11) is 1.99. The maximum Gasteiger partial charge on any atom is 0.254 e. The fourth-order valence-corrected chi connectivity index (χ4v) is 4.16. The molecule has 1 N–H and O–H groups in total. The van der Waals surface area contributed by atoms with Crippen molar-refractivity contribution < 1.29 is 4.79 Å². The van der Waals surface area contributed by atoms with E-state index in [0.29, 0.717) is 30.0 Å². The van der Waals surface area contributed by atoms with Gasteiger partial charge in [0.05, 0.1) is 17.0 Å². The Bertz CT molecular complexity index is 1180. The molecule has 2 aromatic carbocycles. The molecule has 1 aliphatic heterocycles. The highest BCUT2D eigenvalue weighted by molar-refractivity contribution is 6.00. The summed E-state index contributed by atoms with van der Waals surface area (Å²) in [6.07, 6.45) is 1.50. The van der Waals surface area contributed by atoms with Crippen LogP contribution in [-0.2, 0) is 19.9 Å². The molecule has 0 fully saturated rings. The van der Waals surface area contributed by atoms with Crippen molar-refractivity contribution in [1.82, 2.24) is 35.3 Å². The Labute approximate surface area is 173 Å². The minimum atomic E-state index is -0.0220. The summed E-state index contributed by atoms with van der Waals surface area (Å²) < 4.78 is 1.96. The number of nitrogens with zero attached hydrogens (tertiary/aromatic N) is 6. The van der Waals surface area contributed by atoms with E-state index in [9.17, 15) is 4.79 Å². The molecule has 30 heavy (non-hydrogen) atoms. The molecule has 4 aromatic rings. The van der Waals surface area contributed by atoms with Crippen LogP contribution < -0.4 is 0 Å². The highest BCUT2D eigenvalue weighted by Gasteiger charge is 2.26. The van der Waals surface area contributed by atoms with Gasteiger partial charge in [0.15, 0.2) is 0 Å². The summed E-state index contributed by atoms with van der Waals surface area (Å²) in [6.45, 7) is 1.26. The minimum Gasteiger partial charge on any atom is -0.338 e. The van der Waals surface area contributed by atoms with E-state index >= 15 is 0 Å². The molecule has 0 atom stereocenters. The van der Waals surface area contributed by atoms with Crippen LogP contribution in [0.1, 0.15) is 21.6 Å². The van der Waals surface area contributed by atoms with Crippen LogP contribution in [0.15, 0.2) is 54.6 Å². The van der Waals surface area contributed by atoms with Crippen molar-refractivity contribution in [2.45, 2.75) is 12.8 Å². The number of amides is 1. The maximum atomic E-state index is 13.4. The van der Waals surface area contributed by atoms with Gasteiger partial charge in [-0.2, -0.15) is 10.3 Å². The second kappa shape index (κ2) is 7.55. The SMILES string of the molecule is Cn1nc2c(c1-c1ccccc1)CCN(C(=O)c1ccccc1-c1nn[nH]n1)CC2. The summed E-state index contributed by atoms with van der Waals surface area (Å²) >= 11 is 0. The van der Waals surface area contributed by atoms with Gasteiger partial charge in [-0.25, -0.2) is 0 Å². The Morgan fingerprint density at radius 3 is 2.57 bits per heavy atom. The zero-order valence-corrected chi connectivity index (χ0v) is 16.6. The molecule has 5 rings (SSSR count). The van der Waals surface area contributed by atoms with Gasteiger partial charge in [-0.3, -0.25) is 9.48 Å². The van der Waals surface area contributed by atoms with Crippen LogP contribution in [0.5, 0.6) is 0 Å². The predicted molar refractivity (Wildman–Crippen MR) is 112 cm³/mol. The monoisotopic (exact) mass is 399 g/mol. The first-order chi connectivity index (χ1) is 14.7. The first-order valence-electron chi connectivity index (χ1n) is 9.94. The van der Waals surface area contributed by atoms with Crippen molar-refractivity contribution in [3.05, 3.63) is 71.4 Å². The van der Waals surface area contributed by atoms with E-state index in [1.807, 2.05) is 59.1 Å². The first kappa shape index (κ1) is 18.2. The van der Waals surface area contributed by atoms with Crippen LogP contribution in [-0.4, -0.2) is 54.3 Å². The number of tetrazole rings is 1. The molecule has 0 saturated carbocycles. The molecule has 0 radical (unpaired) electrons. The smallest absolute Gasteiger partial charge is 0.254 e. The molecule has 150 valence electrons. The van der Waals surface area contributed by atoms with Gasteiger partial charge in [0.1, 0.15) is 0 Å². The van der Waals surface area contributed by atoms with Gasteiger partial charge in [0.2, 0.25) is 5.82 Å². The van der Waals surface area contributed by atoms with Gasteiger partial charge < -0.3 is 4.90 Å². The molecule has 0 unspecified atom stereocenters. The number of carbonyl (C=O) groups is 1. The number of nitrogens with one attached hydrogen (secondary N) is 1. The predicted octanol–water partition coefficient (Wildman–Crippen LogP) is 2.51. The number of carbonyl (C=O) groups excluding carboxylic acids is 1. The van der Waals surface area contributed by atoms with Crippen molar-refractivity contribution in [3.63, 3.8) is 0 Å². The number of hydrogen-bond acceptors (Lipinski definition) is 5. The highest BCUT2D eigenvalue weighted by Crippen LogP contribution is 2.29. The Balaban J connectivity index is 1.43. The number of rotatable bonds is 3. The van der Waals surface area contributed by atoms with Gasteiger partial charge in [-0.15, -0.1) is 10.2 Å². The third-order valence-corrected chi connectivity index (χ3v) is 5.56. The quantitative estimate of drug-likeness (QED) is 0.571. The van der Waals surface area contributed by atoms with E-state index in [2.05, 4.69) is 32.8 Å². The zero-order chi connectivity index (χ0) is 20.5. The number of aromatic nitrogens is 6. The number of benzene rings is 2. The Morgan fingerprint density at radius 1 is 1.00 bits per heavy atom. The van der Waals surface area contributed by atoms with Crippen molar-refractivity contribution >= 4 is 5.91 Å². The molecule has 8 heteroatoms. The fraction of sp³-hybridized carbons (Fsp3) is 0.227. The highest BCUT2D eigenvalue weighted by atomic mass is 16.2. The van der Waals surface area contributed by atoms with Crippen LogP contribution in [0.3, 0.4) is 0 Å². The van der Waals surface area contributed by atoms with Gasteiger partial charge in [0, 0.05) is 43.2 Å². The molecule has 1 amide bonds. The zero-order valence-electron chi connectivity index (χ0n) is 16.6. The molecule has 0 saturated heterocycles. The van der Waals surface area contributed by atoms with Crippen molar-refractivity contribution in [1.29, 1.82) is 0 Å². The van der Waals surface area contributed by atoms with E-state index in [1.165, 1.54) is 5.56 Å². The summed E-state index contributed by atoms with van der Waals surface area (Å²) in [5, 5.41) is 18.9. The number of aromatic amines is 1. The second-order valence-electron chi connectivity index (χ2n) is 7.34. The van der Waals surface area contributed by atoms with Crippen molar-refractivity contribution in [2.24, 2.45) is 7.05 Å². The van der Waals surface area contributed by atoms with E-state index in [4.69, 9.17) is 5.10 Å². The molecule has 1 aliphatic rings. The molecule has 2 aromatic heterocycles. The molecule has 0 bridgehead atoms. The summed E-state index contributed by atoms with van der Waals surface area (Å²) in [6, 6.07) is 17.7. The molecular formula is C22H21N7O. The Kier molecular flexibility index (Phi) is 4.59. The topological polar surface area (TPSA) is 92.6 Å². The van der Waals surface area contributed by atoms with E-state index in [0.717, 1.165) is 29.8 Å². The lowest BCUT2D eigenvalue weighted by molar-refractivity contribution is 0.0763. The van der Waals surface area contributed by atoms with Crippen LogP contribution in [0.25, 0.3) is 22.6 Å². The van der Waals surface area contributed by atoms with Gasteiger partial charge >= 0.3 is 0 Å². The number of aryl methyl sites for hydroxylation is 1. The van der Waals surface area contributed by atoms with Crippen molar-refractivity contribution in [2.75, 3.05) is 13.1 Å². The summed E-state index contributed by atoms with van der Waals surface area (Å²) in [5.41, 5.74) is 5.84. The summed E-state index contributed by atoms with van der Waals surface area (Å²) in [5.74, 6) is 0.400. The van der Waals surface area contributed by atoms with Gasteiger partial charge in [0.25, 0.3) is 5.91 Å². The van der Waals surface area contributed by atoms with Crippen LogP contribution in [0.2, 0.25) is 0 Å². The molecule has 0 spiro atoms. The fourth-order valence-electron chi connectivity index (χ4n) is 4.16. The molecule has 0 aliphatic carbocycles. The van der Waals surface area contributed by atoms with Crippen LogP contribution >= 0.6 is 0 Å². The van der Waals surface area contributed by atoms with Crippen molar-refractivity contribution in [3.8, 4) is 22.6 Å². The standard InChI is InChI=1S/C22H21N7O/c1-28-20(15-7-3-2-4-8-15)18-11-13-29(14-12-19(18)25-28)22(30)17-10-6-5-9-16(17)21-23-26-27-24-21/h2-10H,11-14H2,1H3,(H,23,24,26,27). The number of H-pyrrole nitrogens is 1. The Morgan fingerprint density at radius 2 is 1.77 bits per heavy atom.